The number of urea groups is 1. The van der Waals surface area contributed by atoms with E-state index >= 15 is 0 Å². The second-order valence-corrected chi connectivity index (χ2v) is 4.71. The maximum absolute atomic E-state index is 12.0. The smallest absolute Gasteiger partial charge is 0.319 e. The molecule has 0 unspecified atom stereocenters. The SMILES string of the molecule is COc1ccccc1NC(=O)NCc1cnn2ccccc12. The molecule has 0 radical (unpaired) electrons. The number of hydrogen-bond acceptors (Lipinski definition) is 3. The number of fused-ring (bicyclic) bond motifs is 1. The van der Waals surface area contributed by atoms with Gasteiger partial charge in [-0.2, -0.15) is 5.10 Å². The number of anilines is 1. The van der Waals surface area contributed by atoms with Crippen LogP contribution in [0.3, 0.4) is 0 Å². The van der Waals surface area contributed by atoms with E-state index in [1.54, 1.807) is 30.0 Å². The number of para-hydroxylation sites is 2. The first kappa shape index (κ1) is 13.9. The number of hydrogen-bond donors (Lipinski definition) is 2. The number of nitrogens with zero attached hydrogens (tertiary/aromatic N) is 2. The Morgan fingerprint density at radius 2 is 2.05 bits per heavy atom. The fourth-order valence-corrected chi connectivity index (χ4v) is 2.21. The van der Waals surface area contributed by atoms with Gasteiger partial charge in [-0.15, -0.1) is 0 Å². The first-order valence-corrected chi connectivity index (χ1v) is 6.87. The molecule has 0 spiro atoms. The van der Waals surface area contributed by atoms with Gasteiger partial charge in [0.2, 0.25) is 0 Å². The van der Waals surface area contributed by atoms with Crippen molar-refractivity contribution >= 4 is 17.2 Å². The molecule has 22 heavy (non-hydrogen) atoms. The Hall–Kier alpha value is -3.02. The van der Waals surface area contributed by atoms with Crippen LogP contribution in [0.4, 0.5) is 10.5 Å². The van der Waals surface area contributed by atoms with E-state index in [-0.39, 0.29) is 6.03 Å². The fourth-order valence-electron chi connectivity index (χ4n) is 2.21. The Kier molecular flexibility index (Phi) is 3.91. The molecule has 0 fully saturated rings. The average Bonchev–Trinajstić information content (AvgIpc) is 2.97. The van der Waals surface area contributed by atoms with Gasteiger partial charge in [-0.25, -0.2) is 9.31 Å². The average molecular weight is 296 g/mol. The van der Waals surface area contributed by atoms with Crippen molar-refractivity contribution in [1.82, 2.24) is 14.9 Å². The molecule has 0 bridgehead atoms. The molecule has 0 saturated carbocycles. The van der Waals surface area contributed by atoms with E-state index < -0.39 is 0 Å². The minimum Gasteiger partial charge on any atom is -0.495 e. The standard InChI is InChI=1S/C16H16N4O2/c1-22-15-8-3-2-6-13(15)19-16(21)17-10-12-11-18-20-9-5-4-7-14(12)20/h2-9,11H,10H2,1H3,(H2,17,19,21). The van der Waals surface area contributed by atoms with Crippen molar-refractivity contribution in [3.8, 4) is 5.75 Å². The van der Waals surface area contributed by atoms with Crippen molar-refractivity contribution in [1.29, 1.82) is 0 Å². The van der Waals surface area contributed by atoms with Gasteiger partial charge in [-0.05, 0) is 24.3 Å². The highest BCUT2D eigenvalue weighted by molar-refractivity contribution is 5.90. The van der Waals surface area contributed by atoms with E-state index in [9.17, 15) is 4.79 Å². The second-order valence-electron chi connectivity index (χ2n) is 4.71. The molecule has 3 aromatic rings. The Labute approximate surface area is 127 Å². The van der Waals surface area contributed by atoms with Crippen molar-refractivity contribution < 1.29 is 9.53 Å². The Bertz CT molecular complexity index is 797. The summed E-state index contributed by atoms with van der Waals surface area (Å²) in [5.74, 6) is 0.619. The number of rotatable bonds is 4. The summed E-state index contributed by atoms with van der Waals surface area (Å²) in [6.45, 7) is 0.397. The predicted octanol–water partition coefficient (Wildman–Crippen LogP) is 2.66. The summed E-state index contributed by atoms with van der Waals surface area (Å²) >= 11 is 0. The third-order valence-corrected chi connectivity index (χ3v) is 3.30. The normalized spacial score (nSPS) is 10.4. The lowest BCUT2D eigenvalue weighted by molar-refractivity contribution is 0.251. The number of amides is 2. The van der Waals surface area contributed by atoms with Crippen molar-refractivity contribution in [2.24, 2.45) is 0 Å². The van der Waals surface area contributed by atoms with Crippen LogP contribution in [-0.2, 0) is 6.54 Å². The Morgan fingerprint density at radius 1 is 1.23 bits per heavy atom. The summed E-state index contributed by atoms with van der Waals surface area (Å²) in [5.41, 5.74) is 2.55. The summed E-state index contributed by atoms with van der Waals surface area (Å²) in [7, 11) is 1.57. The molecule has 6 heteroatoms. The molecule has 2 N–H and O–H groups in total. The third kappa shape index (κ3) is 2.85. The summed E-state index contributed by atoms with van der Waals surface area (Å²) in [6.07, 6.45) is 3.62. The van der Waals surface area contributed by atoms with Gasteiger partial charge in [0.1, 0.15) is 5.75 Å². The van der Waals surface area contributed by atoms with Crippen molar-refractivity contribution in [2.75, 3.05) is 12.4 Å². The summed E-state index contributed by atoms with van der Waals surface area (Å²) in [5, 5.41) is 9.82. The Morgan fingerprint density at radius 3 is 2.91 bits per heavy atom. The zero-order valence-corrected chi connectivity index (χ0v) is 12.1. The fraction of sp³-hybridized carbons (Fsp3) is 0.125. The minimum absolute atomic E-state index is 0.292. The quantitative estimate of drug-likeness (QED) is 0.778. The van der Waals surface area contributed by atoms with Crippen LogP contribution in [0.25, 0.3) is 5.52 Å². The van der Waals surface area contributed by atoms with Gasteiger partial charge in [-0.3, -0.25) is 0 Å². The maximum Gasteiger partial charge on any atom is 0.319 e. The van der Waals surface area contributed by atoms with Crippen LogP contribution in [0.2, 0.25) is 0 Å². The number of pyridine rings is 1. The lowest BCUT2D eigenvalue weighted by Gasteiger charge is -2.10. The molecule has 1 aromatic carbocycles. The monoisotopic (exact) mass is 296 g/mol. The number of ether oxygens (including phenoxy) is 1. The number of carbonyl (C=O) groups is 1. The van der Waals surface area contributed by atoms with E-state index in [0.29, 0.717) is 18.0 Å². The number of carbonyl (C=O) groups excluding carboxylic acids is 1. The summed E-state index contributed by atoms with van der Waals surface area (Å²) in [6, 6.07) is 12.8. The van der Waals surface area contributed by atoms with E-state index in [1.807, 2.05) is 36.5 Å². The van der Waals surface area contributed by atoms with Crippen LogP contribution >= 0.6 is 0 Å². The van der Waals surface area contributed by atoms with Gasteiger partial charge in [-0.1, -0.05) is 18.2 Å². The van der Waals surface area contributed by atoms with Crippen LogP contribution in [0.5, 0.6) is 5.75 Å². The molecular formula is C16H16N4O2. The Balaban J connectivity index is 1.65. The minimum atomic E-state index is -0.292. The largest absolute Gasteiger partial charge is 0.495 e. The highest BCUT2D eigenvalue weighted by atomic mass is 16.5. The molecule has 0 aliphatic carbocycles. The number of aromatic nitrogens is 2. The lowest BCUT2D eigenvalue weighted by Crippen LogP contribution is -2.28. The maximum atomic E-state index is 12.0. The number of methoxy groups -OCH3 is 1. The molecule has 0 saturated heterocycles. The summed E-state index contributed by atoms with van der Waals surface area (Å²) in [4.78, 5) is 12.0. The van der Waals surface area contributed by atoms with Crippen molar-refractivity contribution in [2.45, 2.75) is 6.54 Å². The zero-order chi connectivity index (χ0) is 15.4. The van der Waals surface area contributed by atoms with Gasteiger partial charge < -0.3 is 15.4 Å². The van der Waals surface area contributed by atoms with Gasteiger partial charge >= 0.3 is 6.03 Å². The van der Waals surface area contributed by atoms with Crippen LogP contribution in [-0.4, -0.2) is 22.8 Å². The van der Waals surface area contributed by atoms with Crippen LogP contribution in [0, 0.1) is 0 Å². The molecule has 0 aliphatic heterocycles. The molecule has 3 rings (SSSR count). The van der Waals surface area contributed by atoms with Gasteiger partial charge in [0.25, 0.3) is 0 Å². The zero-order valence-electron chi connectivity index (χ0n) is 12.1. The highest BCUT2D eigenvalue weighted by Crippen LogP contribution is 2.22. The number of nitrogens with one attached hydrogen (secondary N) is 2. The molecule has 112 valence electrons. The summed E-state index contributed by atoms with van der Waals surface area (Å²) < 4.78 is 6.97. The van der Waals surface area contributed by atoms with E-state index in [2.05, 4.69) is 15.7 Å². The lowest BCUT2D eigenvalue weighted by atomic mass is 10.2. The van der Waals surface area contributed by atoms with E-state index in [1.165, 1.54) is 0 Å². The topological polar surface area (TPSA) is 67.7 Å². The molecule has 6 nitrogen and oxygen atoms in total. The van der Waals surface area contributed by atoms with Crippen molar-refractivity contribution in [3.63, 3.8) is 0 Å². The molecule has 2 amide bonds. The first-order valence-electron chi connectivity index (χ1n) is 6.87. The number of benzene rings is 1. The molecule has 2 heterocycles. The highest BCUT2D eigenvalue weighted by Gasteiger charge is 2.08. The molecule has 2 aromatic heterocycles. The van der Waals surface area contributed by atoms with Gasteiger partial charge in [0.15, 0.2) is 0 Å². The van der Waals surface area contributed by atoms with E-state index in [0.717, 1.165) is 11.1 Å². The van der Waals surface area contributed by atoms with Crippen LogP contribution in [0.15, 0.2) is 54.9 Å². The van der Waals surface area contributed by atoms with Crippen molar-refractivity contribution in [3.05, 3.63) is 60.4 Å². The van der Waals surface area contributed by atoms with Gasteiger partial charge in [0.05, 0.1) is 24.5 Å². The van der Waals surface area contributed by atoms with Crippen LogP contribution in [0.1, 0.15) is 5.56 Å². The van der Waals surface area contributed by atoms with Crippen LogP contribution < -0.4 is 15.4 Å². The molecule has 0 aliphatic rings. The first-order chi connectivity index (χ1) is 10.8. The third-order valence-electron chi connectivity index (χ3n) is 3.30. The second kappa shape index (κ2) is 6.17. The molecule has 0 atom stereocenters. The molecular weight excluding hydrogens is 280 g/mol. The van der Waals surface area contributed by atoms with E-state index in [4.69, 9.17) is 4.74 Å². The predicted molar refractivity (Wildman–Crippen MR) is 84.0 cm³/mol. The van der Waals surface area contributed by atoms with Gasteiger partial charge in [0, 0.05) is 18.3 Å².